The largest absolute Gasteiger partial charge is 0.486 e. The molecular formula is C16H18O2. The molecule has 0 bridgehead atoms. The van der Waals surface area contributed by atoms with Crippen LogP contribution in [0.2, 0.25) is 0 Å². The van der Waals surface area contributed by atoms with Crippen molar-refractivity contribution in [3.8, 4) is 5.75 Å². The first-order valence-corrected chi connectivity index (χ1v) is 6.21. The van der Waals surface area contributed by atoms with E-state index in [4.69, 9.17) is 9.84 Å². The van der Waals surface area contributed by atoms with Gasteiger partial charge in [0.15, 0.2) is 0 Å². The Morgan fingerprint density at radius 3 is 2.56 bits per heavy atom. The Labute approximate surface area is 108 Å². The summed E-state index contributed by atoms with van der Waals surface area (Å²) >= 11 is 0. The van der Waals surface area contributed by atoms with E-state index in [2.05, 4.69) is 12.1 Å². The molecule has 2 aromatic rings. The number of rotatable bonds is 5. The normalized spacial score (nSPS) is 12.1. The van der Waals surface area contributed by atoms with E-state index < -0.39 is 0 Å². The van der Waals surface area contributed by atoms with Crippen LogP contribution in [-0.4, -0.2) is 11.7 Å². The average molecular weight is 242 g/mol. The molecular weight excluding hydrogens is 224 g/mol. The van der Waals surface area contributed by atoms with Gasteiger partial charge in [-0.25, -0.2) is 0 Å². The summed E-state index contributed by atoms with van der Waals surface area (Å²) in [6.45, 7) is 2.20. The highest BCUT2D eigenvalue weighted by atomic mass is 16.5. The van der Waals surface area contributed by atoms with E-state index >= 15 is 0 Å². The summed E-state index contributed by atoms with van der Waals surface area (Å²) in [5.74, 6) is 0.845. The maximum Gasteiger partial charge on any atom is 0.121 e. The zero-order valence-corrected chi connectivity index (χ0v) is 10.5. The molecule has 2 aromatic carbocycles. The van der Waals surface area contributed by atoms with Crippen molar-refractivity contribution in [2.45, 2.75) is 19.4 Å². The molecule has 1 N–H and O–H groups in total. The van der Waals surface area contributed by atoms with Gasteiger partial charge in [0.2, 0.25) is 0 Å². The van der Waals surface area contributed by atoms with Gasteiger partial charge in [-0.1, -0.05) is 42.5 Å². The van der Waals surface area contributed by atoms with E-state index in [-0.39, 0.29) is 12.7 Å². The van der Waals surface area contributed by atoms with Gasteiger partial charge in [-0.15, -0.1) is 0 Å². The number of hydrogen-bond acceptors (Lipinski definition) is 2. The van der Waals surface area contributed by atoms with Crippen LogP contribution >= 0.6 is 0 Å². The Morgan fingerprint density at radius 1 is 1.06 bits per heavy atom. The van der Waals surface area contributed by atoms with Crippen LogP contribution in [0, 0.1) is 0 Å². The zero-order chi connectivity index (χ0) is 12.8. The highest BCUT2D eigenvalue weighted by Crippen LogP contribution is 2.22. The topological polar surface area (TPSA) is 29.5 Å². The quantitative estimate of drug-likeness (QED) is 0.871. The van der Waals surface area contributed by atoms with Gasteiger partial charge in [0.05, 0.1) is 0 Å². The summed E-state index contributed by atoms with van der Waals surface area (Å²) in [4.78, 5) is 0. The third kappa shape index (κ3) is 3.34. The Kier molecular flexibility index (Phi) is 4.37. The Balaban J connectivity index is 2.07. The predicted molar refractivity (Wildman–Crippen MR) is 72.7 cm³/mol. The summed E-state index contributed by atoms with van der Waals surface area (Å²) < 4.78 is 5.91. The standard InChI is InChI=1S/C16H18O2/c1-13(15-7-3-2-4-8-15)18-16-9-5-6-14(12-16)10-11-17/h2-9,12-13,17H,10-11H2,1H3. The fraction of sp³-hybridized carbons (Fsp3) is 0.250. The van der Waals surface area contributed by atoms with Gasteiger partial charge in [0, 0.05) is 6.61 Å². The second kappa shape index (κ2) is 6.22. The summed E-state index contributed by atoms with van der Waals surface area (Å²) in [5, 5.41) is 8.93. The molecule has 0 spiro atoms. The van der Waals surface area contributed by atoms with Crippen LogP contribution in [0.25, 0.3) is 0 Å². The van der Waals surface area contributed by atoms with E-state index in [9.17, 15) is 0 Å². The fourth-order valence-electron chi connectivity index (χ4n) is 1.90. The first-order valence-electron chi connectivity index (χ1n) is 6.21. The fourth-order valence-corrected chi connectivity index (χ4v) is 1.90. The molecule has 0 fully saturated rings. The third-order valence-electron chi connectivity index (χ3n) is 2.88. The molecule has 18 heavy (non-hydrogen) atoms. The van der Waals surface area contributed by atoms with E-state index in [1.165, 1.54) is 0 Å². The minimum absolute atomic E-state index is 0.0237. The molecule has 0 heterocycles. The van der Waals surface area contributed by atoms with Crippen molar-refractivity contribution >= 4 is 0 Å². The van der Waals surface area contributed by atoms with E-state index in [0.717, 1.165) is 16.9 Å². The molecule has 0 aliphatic carbocycles. The van der Waals surface area contributed by atoms with Crippen LogP contribution in [0.4, 0.5) is 0 Å². The van der Waals surface area contributed by atoms with Gasteiger partial charge in [-0.2, -0.15) is 0 Å². The molecule has 1 unspecified atom stereocenters. The molecule has 2 heteroatoms. The van der Waals surface area contributed by atoms with Crippen molar-refractivity contribution in [1.82, 2.24) is 0 Å². The Bertz CT molecular complexity index is 479. The minimum Gasteiger partial charge on any atom is -0.486 e. The number of benzene rings is 2. The van der Waals surface area contributed by atoms with E-state index in [1.54, 1.807) is 0 Å². The molecule has 0 saturated carbocycles. The molecule has 0 aliphatic heterocycles. The van der Waals surface area contributed by atoms with Crippen molar-refractivity contribution in [1.29, 1.82) is 0 Å². The van der Waals surface area contributed by atoms with Crippen LogP contribution < -0.4 is 4.74 Å². The van der Waals surface area contributed by atoms with Gasteiger partial charge >= 0.3 is 0 Å². The highest BCUT2D eigenvalue weighted by molar-refractivity contribution is 5.29. The molecule has 0 radical (unpaired) electrons. The summed E-state index contributed by atoms with van der Waals surface area (Å²) in [6, 6.07) is 18.0. The second-order valence-electron chi connectivity index (χ2n) is 4.29. The van der Waals surface area contributed by atoms with E-state index in [0.29, 0.717) is 6.42 Å². The molecule has 2 rings (SSSR count). The lowest BCUT2D eigenvalue weighted by Gasteiger charge is -2.15. The third-order valence-corrected chi connectivity index (χ3v) is 2.88. The predicted octanol–water partition coefficient (Wildman–Crippen LogP) is 3.36. The monoisotopic (exact) mass is 242 g/mol. The van der Waals surface area contributed by atoms with Crippen molar-refractivity contribution in [3.05, 3.63) is 65.7 Å². The lowest BCUT2D eigenvalue weighted by atomic mass is 10.1. The maximum absolute atomic E-state index is 8.93. The first-order chi connectivity index (χ1) is 8.79. The number of aliphatic hydroxyl groups excluding tert-OH is 1. The van der Waals surface area contributed by atoms with Crippen molar-refractivity contribution in [3.63, 3.8) is 0 Å². The molecule has 1 atom stereocenters. The summed E-state index contributed by atoms with van der Waals surface area (Å²) in [5.41, 5.74) is 2.25. The molecule has 0 aliphatic rings. The van der Waals surface area contributed by atoms with E-state index in [1.807, 2.05) is 49.4 Å². The van der Waals surface area contributed by atoms with Crippen LogP contribution in [0.3, 0.4) is 0 Å². The van der Waals surface area contributed by atoms with Gasteiger partial charge in [-0.05, 0) is 36.6 Å². The minimum atomic E-state index is 0.0237. The van der Waals surface area contributed by atoms with Gasteiger partial charge in [0.25, 0.3) is 0 Å². The smallest absolute Gasteiger partial charge is 0.121 e. The maximum atomic E-state index is 8.93. The first kappa shape index (κ1) is 12.7. The average Bonchev–Trinajstić information content (AvgIpc) is 2.40. The van der Waals surface area contributed by atoms with Crippen LogP contribution in [0.15, 0.2) is 54.6 Å². The van der Waals surface area contributed by atoms with Crippen LogP contribution in [0.1, 0.15) is 24.2 Å². The summed E-state index contributed by atoms with van der Waals surface area (Å²) in [7, 11) is 0. The molecule has 94 valence electrons. The van der Waals surface area contributed by atoms with Crippen molar-refractivity contribution < 1.29 is 9.84 Å². The summed E-state index contributed by atoms with van der Waals surface area (Å²) in [6.07, 6.45) is 0.687. The molecule has 0 saturated heterocycles. The van der Waals surface area contributed by atoms with Crippen molar-refractivity contribution in [2.24, 2.45) is 0 Å². The molecule has 0 amide bonds. The number of aliphatic hydroxyl groups is 1. The number of ether oxygens (including phenoxy) is 1. The van der Waals surface area contributed by atoms with Gasteiger partial charge in [-0.3, -0.25) is 0 Å². The van der Waals surface area contributed by atoms with Crippen LogP contribution in [-0.2, 0) is 6.42 Å². The SMILES string of the molecule is CC(Oc1cccc(CCO)c1)c1ccccc1. The number of hydrogen-bond donors (Lipinski definition) is 1. The van der Waals surface area contributed by atoms with Gasteiger partial charge in [0.1, 0.15) is 11.9 Å². The van der Waals surface area contributed by atoms with Crippen molar-refractivity contribution in [2.75, 3.05) is 6.61 Å². The lowest BCUT2D eigenvalue weighted by molar-refractivity contribution is 0.226. The Morgan fingerprint density at radius 2 is 1.83 bits per heavy atom. The zero-order valence-electron chi connectivity index (χ0n) is 10.5. The second-order valence-corrected chi connectivity index (χ2v) is 4.29. The lowest BCUT2D eigenvalue weighted by Crippen LogP contribution is -2.03. The highest BCUT2D eigenvalue weighted by Gasteiger charge is 2.06. The Hall–Kier alpha value is -1.80. The van der Waals surface area contributed by atoms with Crippen LogP contribution in [0.5, 0.6) is 5.75 Å². The van der Waals surface area contributed by atoms with Gasteiger partial charge < -0.3 is 9.84 Å². The molecule has 0 aromatic heterocycles. The molecule has 2 nitrogen and oxygen atoms in total.